The second-order valence-corrected chi connectivity index (χ2v) is 7.22. The summed E-state index contributed by atoms with van der Waals surface area (Å²) in [5.74, 6) is -0.740. The minimum Gasteiger partial charge on any atom is -0.507 e. The molecule has 0 bridgehead atoms. The number of rotatable bonds is 3. The number of amides is 1. The van der Waals surface area contributed by atoms with Crippen LogP contribution in [-0.2, 0) is 10.1 Å². The fourth-order valence-corrected chi connectivity index (χ4v) is 3.43. The zero-order chi connectivity index (χ0) is 19.1. The Bertz CT molecular complexity index is 1140. The zero-order valence-corrected chi connectivity index (χ0v) is 14.5. The van der Waals surface area contributed by atoms with E-state index in [1.165, 1.54) is 24.3 Å². The van der Waals surface area contributed by atoms with Crippen LogP contribution in [0.4, 0.5) is 11.4 Å². The highest BCUT2D eigenvalue weighted by Gasteiger charge is 2.19. The third-order valence-corrected chi connectivity index (χ3v) is 4.87. The van der Waals surface area contributed by atoms with Crippen molar-refractivity contribution in [3.05, 3.63) is 59.7 Å². The average molecular weight is 372 g/mol. The number of carbonyl (C=O) groups excluding carboxylic acids is 1. The number of carbonyl (C=O) groups is 1. The predicted octanol–water partition coefficient (Wildman–Crippen LogP) is 2.94. The van der Waals surface area contributed by atoms with E-state index in [4.69, 9.17) is 5.73 Å². The lowest BCUT2D eigenvalue weighted by Crippen LogP contribution is -2.15. The number of hydrogen-bond donors (Lipinski definition) is 4. The Balaban J connectivity index is 2.15. The molecule has 7 nitrogen and oxygen atoms in total. The lowest BCUT2D eigenvalue weighted by Gasteiger charge is -2.13. The molecule has 3 rings (SSSR count). The van der Waals surface area contributed by atoms with Gasteiger partial charge in [-0.1, -0.05) is 23.8 Å². The van der Waals surface area contributed by atoms with Gasteiger partial charge in [-0.25, -0.2) is 0 Å². The number of hydrogen-bond acceptors (Lipinski definition) is 5. The minimum absolute atomic E-state index is 0.0857. The van der Waals surface area contributed by atoms with Crippen LogP contribution in [0.5, 0.6) is 5.75 Å². The third-order valence-electron chi connectivity index (χ3n) is 3.96. The van der Waals surface area contributed by atoms with E-state index < -0.39 is 16.0 Å². The zero-order valence-electron chi connectivity index (χ0n) is 13.7. The van der Waals surface area contributed by atoms with Crippen molar-refractivity contribution in [2.75, 3.05) is 11.1 Å². The lowest BCUT2D eigenvalue weighted by atomic mass is 10.1. The largest absolute Gasteiger partial charge is 0.507 e. The second-order valence-electron chi connectivity index (χ2n) is 5.83. The molecule has 0 spiro atoms. The number of nitrogens with one attached hydrogen (secondary N) is 1. The van der Waals surface area contributed by atoms with E-state index >= 15 is 0 Å². The maximum atomic E-state index is 12.6. The van der Waals surface area contributed by atoms with Crippen LogP contribution < -0.4 is 11.1 Å². The van der Waals surface area contributed by atoms with E-state index in [1.807, 2.05) is 6.92 Å². The van der Waals surface area contributed by atoms with Gasteiger partial charge in [0.1, 0.15) is 10.6 Å². The van der Waals surface area contributed by atoms with Crippen molar-refractivity contribution in [2.45, 2.75) is 11.8 Å². The summed E-state index contributed by atoms with van der Waals surface area (Å²) in [5, 5.41) is 13.0. The molecule has 0 aliphatic heterocycles. The molecule has 8 heteroatoms. The molecule has 26 heavy (non-hydrogen) atoms. The summed E-state index contributed by atoms with van der Waals surface area (Å²) in [6.07, 6.45) is 0. The third kappa shape index (κ3) is 3.19. The first-order valence-corrected chi connectivity index (χ1v) is 9.02. The fraction of sp³-hybridized carbons (Fsp3) is 0.0556. The number of aryl methyl sites for hydroxylation is 1. The molecule has 0 atom stereocenters. The highest BCUT2D eigenvalue weighted by atomic mass is 32.2. The Hall–Kier alpha value is -3.10. The van der Waals surface area contributed by atoms with Crippen LogP contribution in [0.3, 0.4) is 0 Å². The van der Waals surface area contributed by atoms with E-state index in [0.717, 1.165) is 11.6 Å². The molecule has 1 amide bonds. The van der Waals surface area contributed by atoms with Crippen molar-refractivity contribution < 1.29 is 22.9 Å². The van der Waals surface area contributed by atoms with Crippen LogP contribution in [0.1, 0.15) is 15.9 Å². The number of aromatic hydroxyl groups is 1. The minimum atomic E-state index is -4.50. The van der Waals surface area contributed by atoms with E-state index in [2.05, 4.69) is 5.32 Å². The van der Waals surface area contributed by atoms with Gasteiger partial charge in [-0.2, -0.15) is 8.42 Å². The fourth-order valence-electron chi connectivity index (χ4n) is 2.75. The lowest BCUT2D eigenvalue weighted by molar-refractivity contribution is 0.102. The van der Waals surface area contributed by atoms with Crippen molar-refractivity contribution >= 4 is 38.2 Å². The molecule has 0 saturated heterocycles. The van der Waals surface area contributed by atoms with E-state index in [-0.39, 0.29) is 38.4 Å². The molecule has 0 aromatic heterocycles. The molecule has 3 aromatic carbocycles. The molecule has 0 unspecified atom stereocenters. The molecule has 3 aromatic rings. The predicted molar refractivity (Wildman–Crippen MR) is 99.0 cm³/mol. The van der Waals surface area contributed by atoms with Gasteiger partial charge in [0.05, 0.1) is 11.3 Å². The number of phenols is 1. The highest BCUT2D eigenvalue weighted by molar-refractivity contribution is 7.86. The summed E-state index contributed by atoms with van der Waals surface area (Å²) in [6.45, 7) is 1.82. The van der Waals surface area contributed by atoms with Gasteiger partial charge in [0.25, 0.3) is 16.0 Å². The first-order valence-electron chi connectivity index (χ1n) is 7.58. The summed E-state index contributed by atoms with van der Waals surface area (Å²) in [6, 6.07) is 11.7. The second kappa shape index (κ2) is 6.32. The van der Waals surface area contributed by atoms with Gasteiger partial charge < -0.3 is 16.2 Å². The number of benzene rings is 3. The highest BCUT2D eigenvalue weighted by Crippen LogP contribution is 2.36. The molecule has 0 aliphatic rings. The van der Waals surface area contributed by atoms with Crippen molar-refractivity contribution in [3.63, 3.8) is 0 Å². The van der Waals surface area contributed by atoms with E-state index in [0.29, 0.717) is 0 Å². The quantitative estimate of drug-likeness (QED) is 0.413. The molecule has 0 saturated carbocycles. The smallest absolute Gasteiger partial charge is 0.295 e. The maximum absolute atomic E-state index is 12.6. The topological polar surface area (TPSA) is 130 Å². The molecule has 134 valence electrons. The van der Waals surface area contributed by atoms with Crippen LogP contribution in [0.25, 0.3) is 10.8 Å². The van der Waals surface area contributed by atoms with Gasteiger partial charge in [0, 0.05) is 16.5 Å². The van der Waals surface area contributed by atoms with Gasteiger partial charge in [0.2, 0.25) is 0 Å². The van der Waals surface area contributed by atoms with Crippen LogP contribution >= 0.6 is 0 Å². The van der Waals surface area contributed by atoms with Gasteiger partial charge in [-0.05, 0) is 37.3 Å². The summed E-state index contributed by atoms with van der Waals surface area (Å²) >= 11 is 0. The number of nitrogen functional groups attached to an aromatic ring is 1. The van der Waals surface area contributed by atoms with Crippen LogP contribution in [0.15, 0.2) is 53.4 Å². The first-order chi connectivity index (χ1) is 12.2. The molecule has 0 radical (unpaired) electrons. The van der Waals surface area contributed by atoms with Gasteiger partial charge in [0.15, 0.2) is 0 Å². The molecule has 0 heterocycles. The Morgan fingerprint density at radius 1 is 1.12 bits per heavy atom. The van der Waals surface area contributed by atoms with Crippen LogP contribution in [0, 0.1) is 6.92 Å². The number of nitrogens with two attached hydrogens (primary N) is 1. The maximum Gasteiger partial charge on any atom is 0.295 e. The molecule has 0 fully saturated rings. The van der Waals surface area contributed by atoms with Gasteiger partial charge in [-0.15, -0.1) is 0 Å². The van der Waals surface area contributed by atoms with Crippen LogP contribution in [-0.4, -0.2) is 24.0 Å². The summed E-state index contributed by atoms with van der Waals surface area (Å²) in [5.41, 5.74) is 7.43. The average Bonchev–Trinajstić information content (AvgIpc) is 2.56. The van der Waals surface area contributed by atoms with E-state index in [1.54, 1.807) is 18.2 Å². The van der Waals surface area contributed by atoms with Crippen molar-refractivity contribution in [1.29, 1.82) is 0 Å². The van der Waals surface area contributed by atoms with Gasteiger partial charge >= 0.3 is 0 Å². The summed E-state index contributed by atoms with van der Waals surface area (Å²) in [4.78, 5) is 12.2. The Kier molecular flexibility index (Phi) is 4.31. The van der Waals surface area contributed by atoms with E-state index in [9.17, 15) is 22.9 Å². The van der Waals surface area contributed by atoms with Crippen molar-refractivity contribution in [3.8, 4) is 5.75 Å². The normalized spacial score (nSPS) is 11.5. The molecule has 5 N–H and O–H groups in total. The number of phenolic OH excluding ortho intramolecular Hbond substituents is 1. The number of anilines is 2. The van der Waals surface area contributed by atoms with Crippen molar-refractivity contribution in [1.82, 2.24) is 0 Å². The Morgan fingerprint density at radius 3 is 2.54 bits per heavy atom. The Morgan fingerprint density at radius 2 is 1.85 bits per heavy atom. The molecular weight excluding hydrogens is 356 g/mol. The van der Waals surface area contributed by atoms with Gasteiger partial charge in [-0.3, -0.25) is 9.35 Å². The monoisotopic (exact) mass is 372 g/mol. The molecule has 0 aliphatic carbocycles. The Labute approximate surface area is 149 Å². The standard InChI is InChI=1S/C18H16N2O5S/c1-10-5-6-13(19)12(9-10)18(22)20-14-7-8-16(26(23,24)25)11-3-2-4-15(21)17(11)14/h2-9,21H,19H2,1H3,(H,20,22)(H,23,24,25). The first kappa shape index (κ1) is 17.7. The van der Waals surface area contributed by atoms with Crippen LogP contribution in [0.2, 0.25) is 0 Å². The summed E-state index contributed by atoms with van der Waals surface area (Å²) < 4.78 is 32.5. The summed E-state index contributed by atoms with van der Waals surface area (Å²) in [7, 11) is -4.50. The molecular formula is C18H16N2O5S. The SMILES string of the molecule is Cc1ccc(N)c(C(=O)Nc2ccc(S(=O)(=O)O)c3cccc(O)c23)c1. The van der Waals surface area contributed by atoms with Crippen molar-refractivity contribution in [2.24, 2.45) is 0 Å². The number of fused-ring (bicyclic) bond motifs is 1.